The number of rotatable bonds is 4. The van der Waals surface area contributed by atoms with Crippen molar-refractivity contribution in [1.82, 2.24) is 15.5 Å². The summed E-state index contributed by atoms with van der Waals surface area (Å²) in [5.74, 6) is 0.727. The van der Waals surface area contributed by atoms with E-state index in [1.54, 1.807) is 25.1 Å². The van der Waals surface area contributed by atoms with E-state index < -0.39 is 0 Å². The molecule has 0 bridgehead atoms. The van der Waals surface area contributed by atoms with Gasteiger partial charge in [-0.2, -0.15) is 4.98 Å². The van der Waals surface area contributed by atoms with Crippen LogP contribution in [0.1, 0.15) is 22.1 Å². The van der Waals surface area contributed by atoms with Crippen LogP contribution < -0.4 is 11.1 Å². The molecular formula is C12H13ClN4O2. The first kappa shape index (κ1) is 13.4. The molecule has 0 aliphatic heterocycles. The normalized spacial score (nSPS) is 10.4. The van der Waals surface area contributed by atoms with Gasteiger partial charge in [-0.15, -0.1) is 0 Å². The van der Waals surface area contributed by atoms with Crippen LogP contribution in [0.4, 0.5) is 5.69 Å². The van der Waals surface area contributed by atoms with Crippen molar-refractivity contribution < 1.29 is 9.32 Å². The average Bonchev–Trinajstić information content (AvgIpc) is 2.75. The SMILES string of the molecule is Cc1nc(CCNC(=O)c2c(N)cccc2Cl)no1. The third kappa shape index (κ3) is 3.23. The highest BCUT2D eigenvalue weighted by Crippen LogP contribution is 2.21. The van der Waals surface area contributed by atoms with E-state index in [1.165, 1.54) is 0 Å². The lowest BCUT2D eigenvalue weighted by Crippen LogP contribution is -2.27. The number of hydrogen-bond acceptors (Lipinski definition) is 5. The van der Waals surface area contributed by atoms with Gasteiger partial charge in [0.15, 0.2) is 5.82 Å². The van der Waals surface area contributed by atoms with Gasteiger partial charge in [-0.1, -0.05) is 22.8 Å². The molecule has 1 amide bonds. The fourth-order valence-corrected chi connectivity index (χ4v) is 1.87. The fraction of sp³-hybridized carbons (Fsp3) is 0.250. The number of carbonyl (C=O) groups is 1. The Morgan fingerprint density at radius 3 is 2.95 bits per heavy atom. The highest BCUT2D eigenvalue weighted by molar-refractivity contribution is 6.34. The maximum Gasteiger partial charge on any atom is 0.254 e. The van der Waals surface area contributed by atoms with Gasteiger partial charge in [-0.25, -0.2) is 0 Å². The van der Waals surface area contributed by atoms with Crippen LogP contribution in [-0.4, -0.2) is 22.6 Å². The van der Waals surface area contributed by atoms with Crippen LogP contribution in [0.25, 0.3) is 0 Å². The number of anilines is 1. The minimum Gasteiger partial charge on any atom is -0.398 e. The predicted molar refractivity (Wildman–Crippen MR) is 70.9 cm³/mol. The molecule has 6 nitrogen and oxygen atoms in total. The molecule has 1 aromatic heterocycles. The highest BCUT2D eigenvalue weighted by Gasteiger charge is 2.13. The number of nitrogens with zero attached hydrogens (tertiary/aromatic N) is 2. The summed E-state index contributed by atoms with van der Waals surface area (Å²) in [6.07, 6.45) is 0.480. The van der Waals surface area contributed by atoms with E-state index in [9.17, 15) is 4.79 Å². The van der Waals surface area contributed by atoms with Crippen LogP contribution in [0.5, 0.6) is 0 Å². The zero-order chi connectivity index (χ0) is 13.8. The number of hydrogen-bond donors (Lipinski definition) is 2. The third-order valence-corrected chi connectivity index (χ3v) is 2.79. The summed E-state index contributed by atoms with van der Waals surface area (Å²) in [6, 6.07) is 4.94. The van der Waals surface area contributed by atoms with Crippen molar-refractivity contribution in [1.29, 1.82) is 0 Å². The Morgan fingerprint density at radius 2 is 2.32 bits per heavy atom. The molecule has 0 unspecified atom stereocenters. The molecule has 2 rings (SSSR count). The molecular weight excluding hydrogens is 268 g/mol. The summed E-state index contributed by atoms with van der Waals surface area (Å²) in [6.45, 7) is 2.09. The third-order valence-electron chi connectivity index (χ3n) is 2.48. The molecule has 0 spiro atoms. The monoisotopic (exact) mass is 280 g/mol. The van der Waals surface area contributed by atoms with Gasteiger partial charge in [0.25, 0.3) is 5.91 Å². The fourth-order valence-electron chi connectivity index (χ4n) is 1.60. The van der Waals surface area contributed by atoms with E-state index in [-0.39, 0.29) is 11.5 Å². The molecule has 2 aromatic rings. The number of halogens is 1. The lowest BCUT2D eigenvalue weighted by Gasteiger charge is -2.08. The number of carbonyl (C=O) groups excluding carboxylic acids is 1. The summed E-state index contributed by atoms with van der Waals surface area (Å²) < 4.78 is 4.83. The van der Waals surface area contributed by atoms with Crippen LogP contribution in [-0.2, 0) is 6.42 Å². The quantitative estimate of drug-likeness (QED) is 0.829. The van der Waals surface area contributed by atoms with Gasteiger partial charge in [0.2, 0.25) is 5.89 Å². The molecule has 7 heteroatoms. The molecule has 1 aromatic carbocycles. The van der Waals surface area contributed by atoms with Crippen LogP contribution in [0.2, 0.25) is 5.02 Å². The lowest BCUT2D eigenvalue weighted by molar-refractivity contribution is 0.0955. The van der Waals surface area contributed by atoms with Crippen molar-refractivity contribution in [2.75, 3.05) is 12.3 Å². The number of nitrogens with one attached hydrogen (secondary N) is 1. The largest absolute Gasteiger partial charge is 0.398 e. The van der Waals surface area contributed by atoms with E-state index in [2.05, 4.69) is 15.5 Å². The average molecular weight is 281 g/mol. The summed E-state index contributed by atoms with van der Waals surface area (Å²) in [5, 5.41) is 6.77. The molecule has 100 valence electrons. The topological polar surface area (TPSA) is 94.0 Å². The molecule has 1 heterocycles. The standard InChI is InChI=1S/C12H13ClN4O2/c1-7-16-10(17-19-7)5-6-15-12(18)11-8(13)3-2-4-9(11)14/h2-4H,5-6,14H2,1H3,(H,15,18). The van der Waals surface area contributed by atoms with Gasteiger partial charge >= 0.3 is 0 Å². The van der Waals surface area contributed by atoms with Gasteiger partial charge < -0.3 is 15.6 Å². The van der Waals surface area contributed by atoms with E-state index in [0.29, 0.717) is 35.4 Å². The second kappa shape index (κ2) is 5.71. The molecule has 0 aliphatic rings. The first-order valence-electron chi connectivity index (χ1n) is 5.69. The Balaban J connectivity index is 1.94. The van der Waals surface area contributed by atoms with Gasteiger partial charge in [-0.05, 0) is 12.1 Å². The van der Waals surface area contributed by atoms with E-state index in [4.69, 9.17) is 21.9 Å². The molecule has 0 fully saturated rings. The smallest absolute Gasteiger partial charge is 0.254 e. The van der Waals surface area contributed by atoms with Gasteiger partial charge in [0.1, 0.15) is 0 Å². The molecule has 0 saturated carbocycles. The van der Waals surface area contributed by atoms with Crippen molar-refractivity contribution in [3.63, 3.8) is 0 Å². The molecule has 0 saturated heterocycles. The second-order valence-corrected chi connectivity index (χ2v) is 4.35. The Morgan fingerprint density at radius 1 is 1.53 bits per heavy atom. The molecule has 0 aliphatic carbocycles. The number of amides is 1. The van der Waals surface area contributed by atoms with Gasteiger partial charge in [0, 0.05) is 25.6 Å². The molecule has 0 radical (unpaired) electrons. The summed E-state index contributed by atoms with van der Waals surface area (Å²) in [5.41, 5.74) is 6.36. The first-order chi connectivity index (χ1) is 9.08. The van der Waals surface area contributed by atoms with Crippen LogP contribution in [0.15, 0.2) is 22.7 Å². The van der Waals surface area contributed by atoms with Crippen LogP contribution in [0, 0.1) is 6.92 Å². The van der Waals surface area contributed by atoms with Gasteiger partial charge in [0.05, 0.1) is 10.6 Å². The van der Waals surface area contributed by atoms with Crippen molar-refractivity contribution in [3.8, 4) is 0 Å². The zero-order valence-electron chi connectivity index (χ0n) is 10.3. The number of nitrogen functional groups attached to an aromatic ring is 1. The van der Waals surface area contributed by atoms with Crippen molar-refractivity contribution in [2.45, 2.75) is 13.3 Å². The lowest BCUT2D eigenvalue weighted by atomic mass is 10.1. The summed E-state index contributed by atoms with van der Waals surface area (Å²) >= 11 is 5.94. The maximum atomic E-state index is 11.9. The summed E-state index contributed by atoms with van der Waals surface area (Å²) in [4.78, 5) is 16.0. The zero-order valence-corrected chi connectivity index (χ0v) is 11.1. The van der Waals surface area contributed by atoms with E-state index >= 15 is 0 Å². The second-order valence-electron chi connectivity index (χ2n) is 3.94. The van der Waals surface area contributed by atoms with Crippen molar-refractivity contribution in [3.05, 3.63) is 40.5 Å². The Kier molecular flexibility index (Phi) is 4.01. The van der Waals surface area contributed by atoms with Crippen molar-refractivity contribution in [2.24, 2.45) is 0 Å². The van der Waals surface area contributed by atoms with Crippen molar-refractivity contribution >= 4 is 23.2 Å². The Bertz CT molecular complexity index is 577. The minimum atomic E-state index is -0.316. The summed E-state index contributed by atoms with van der Waals surface area (Å²) in [7, 11) is 0. The maximum absolute atomic E-state index is 11.9. The first-order valence-corrected chi connectivity index (χ1v) is 6.07. The van der Waals surface area contributed by atoms with E-state index in [0.717, 1.165) is 0 Å². The predicted octanol–water partition coefficient (Wildman–Crippen LogP) is 1.59. The molecule has 3 N–H and O–H groups in total. The Labute approximate surface area is 114 Å². The van der Waals surface area contributed by atoms with E-state index in [1.807, 2.05) is 0 Å². The van der Waals surface area contributed by atoms with Gasteiger partial charge in [-0.3, -0.25) is 4.79 Å². The number of benzene rings is 1. The highest BCUT2D eigenvalue weighted by atomic mass is 35.5. The van der Waals surface area contributed by atoms with Crippen LogP contribution in [0.3, 0.4) is 0 Å². The number of aromatic nitrogens is 2. The van der Waals surface area contributed by atoms with Crippen LogP contribution >= 0.6 is 11.6 Å². The molecule has 19 heavy (non-hydrogen) atoms. The Hall–Kier alpha value is -2.08. The number of nitrogens with two attached hydrogens (primary N) is 1. The molecule has 0 atom stereocenters. The minimum absolute atomic E-state index is 0.286. The number of aryl methyl sites for hydroxylation is 1.